The molecule has 1 fully saturated rings. The zero-order valence-corrected chi connectivity index (χ0v) is 24.6. The first-order chi connectivity index (χ1) is 20.9. The van der Waals surface area contributed by atoms with Gasteiger partial charge in [-0.15, -0.1) is 0 Å². The molecule has 6 rings (SSSR count). The van der Waals surface area contributed by atoms with Crippen LogP contribution in [-0.4, -0.2) is 69.4 Å². The molecule has 0 aliphatic carbocycles. The average Bonchev–Trinajstić information content (AvgIpc) is 3.54. The number of nitrogens with one attached hydrogen (secondary N) is 2. The maximum atomic E-state index is 13.0. The molecule has 5 heterocycles. The number of methoxy groups -OCH3 is 1. The van der Waals surface area contributed by atoms with Crippen LogP contribution < -0.4 is 16.2 Å². The Kier molecular flexibility index (Phi) is 8.15. The summed E-state index contributed by atoms with van der Waals surface area (Å²) in [6.07, 6.45) is 3.33. The van der Waals surface area contributed by atoms with E-state index in [4.69, 9.17) is 24.2 Å². The van der Waals surface area contributed by atoms with Gasteiger partial charge in [-0.2, -0.15) is 0 Å². The maximum absolute atomic E-state index is 13.0. The lowest BCUT2D eigenvalue weighted by Gasteiger charge is -2.28. The fourth-order valence-electron chi connectivity index (χ4n) is 5.66. The van der Waals surface area contributed by atoms with E-state index < -0.39 is 0 Å². The number of anilines is 3. The van der Waals surface area contributed by atoms with Crippen LogP contribution in [0.2, 0.25) is 0 Å². The Hall–Kier alpha value is -4.26. The largest absolute Gasteiger partial charge is 0.475 e. The van der Waals surface area contributed by atoms with Gasteiger partial charge in [0.25, 0.3) is 5.56 Å². The van der Waals surface area contributed by atoms with Gasteiger partial charge in [-0.1, -0.05) is 30.3 Å². The molecule has 0 saturated carbocycles. The first-order valence-corrected chi connectivity index (χ1v) is 14.5. The molecule has 226 valence electrons. The van der Waals surface area contributed by atoms with Crippen LogP contribution in [0.3, 0.4) is 0 Å². The van der Waals surface area contributed by atoms with Crippen LogP contribution >= 0.6 is 0 Å². The van der Waals surface area contributed by atoms with Crippen LogP contribution in [0.4, 0.5) is 17.3 Å². The number of hydrogen-bond donors (Lipinski definition) is 3. The van der Waals surface area contributed by atoms with Gasteiger partial charge in [0.1, 0.15) is 30.5 Å². The standard InChI is InChI=1S/C31H37N7O5/c1-20(2)38-28-22(30(40)37(38)19-41-3)9-10-26(35-28)34-27-15-24(33-25(17-39)21-7-5-4-6-8-21)23(16-32-27)29-36-31(18-43-29)11-13-42-14-12-31/h4-10,15-16,20,25,39H,11-14,17-19H2,1-3H3,(H2,32,33,34,35)/t25-/m1/s1. The summed E-state index contributed by atoms with van der Waals surface area (Å²) in [5.41, 5.74) is 2.46. The van der Waals surface area contributed by atoms with E-state index in [1.54, 1.807) is 30.1 Å². The van der Waals surface area contributed by atoms with Crippen LogP contribution in [-0.2, 0) is 20.9 Å². The smallest absolute Gasteiger partial charge is 0.278 e. The summed E-state index contributed by atoms with van der Waals surface area (Å²) in [5, 5.41) is 17.6. The number of rotatable bonds is 10. The molecular formula is C31H37N7O5. The second kappa shape index (κ2) is 12.2. The van der Waals surface area contributed by atoms with E-state index in [-0.39, 0.29) is 36.5 Å². The van der Waals surface area contributed by atoms with Crippen LogP contribution in [0.1, 0.15) is 49.9 Å². The molecule has 4 aromatic rings. The average molecular weight is 588 g/mol. The van der Waals surface area contributed by atoms with E-state index >= 15 is 0 Å². The number of hydrogen-bond acceptors (Lipinski definition) is 10. The molecule has 0 bridgehead atoms. The van der Waals surface area contributed by atoms with Gasteiger partial charge < -0.3 is 30.0 Å². The second-order valence-electron chi connectivity index (χ2n) is 11.2. The Morgan fingerprint density at radius 1 is 1.12 bits per heavy atom. The highest BCUT2D eigenvalue weighted by molar-refractivity contribution is 6.01. The van der Waals surface area contributed by atoms with Crippen molar-refractivity contribution in [1.82, 2.24) is 19.3 Å². The molecule has 1 spiro atoms. The molecule has 0 radical (unpaired) electrons. The number of ether oxygens (including phenoxy) is 3. The molecule has 1 atom stereocenters. The van der Waals surface area contributed by atoms with Gasteiger partial charge in [0.05, 0.1) is 29.3 Å². The third-order valence-electron chi connectivity index (χ3n) is 7.90. The predicted octanol–water partition coefficient (Wildman–Crippen LogP) is 3.99. The monoisotopic (exact) mass is 587 g/mol. The SMILES string of the molecule is COCn1c(=O)c2ccc(Nc3cc(N[C@H](CO)c4ccccc4)c(C4=NC5(CCOCC5)CO4)cn3)nc2n1C(C)C. The summed E-state index contributed by atoms with van der Waals surface area (Å²) < 4.78 is 20.4. The predicted molar refractivity (Wildman–Crippen MR) is 164 cm³/mol. The lowest BCUT2D eigenvalue weighted by atomic mass is 9.92. The second-order valence-corrected chi connectivity index (χ2v) is 11.2. The summed E-state index contributed by atoms with van der Waals surface area (Å²) in [4.78, 5) is 27.5. The number of nitrogens with zero attached hydrogens (tertiary/aromatic N) is 5. The maximum Gasteiger partial charge on any atom is 0.278 e. The first kappa shape index (κ1) is 28.8. The highest BCUT2D eigenvalue weighted by Crippen LogP contribution is 2.34. The molecule has 0 amide bonds. The minimum atomic E-state index is -0.371. The van der Waals surface area contributed by atoms with Crippen molar-refractivity contribution in [3.8, 4) is 0 Å². The Bertz CT molecular complexity index is 1680. The molecule has 2 aliphatic rings. The molecule has 3 aromatic heterocycles. The summed E-state index contributed by atoms with van der Waals surface area (Å²) in [5.74, 6) is 1.57. The summed E-state index contributed by atoms with van der Waals surface area (Å²) in [6, 6.07) is 14.8. The third-order valence-corrected chi connectivity index (χ3v) is 7.90. The molecule has 43 heavy (non-hydrogen) atoms. The number of aromatic nitrogens is 4. The van der Waals surface area contributed by atoms with Crippen LogP contribution in [0.25, 0.3) is 11.0 Å². The van der Waals surface area contributed by atoms with E-state index in [2.05, 4.69) is 15.6 Å². The topological polar surface area (TPSA) is 137 Å². The van der Waals surface area contributed by atoms with Gasteiger partial charge in [-0.05, 0) is 44.4 Å². The molecule has 12 nitrogen and oxygen atoms in total. The fourth-order valence-corrected chi connectivity index (χ4v) is 5.66. The van der Waals surface area contributed by atoms with Crippen LogP contribution in [0.15, 0.2) is 64.5 Å². The van der Waals surface area contributed by atoms with Crippen molar-refractivity contribution < 1.29 is 19.3 Å². The Morgan fingerprint density at radius 2 is 1.91 bits per heavy atom. The van der Waals surface area contributed by atoms with Gasteiger partial charge in [-0.25, -0.2) is 19.6 Å². The number of fused-ring (bicyclic) bond motifs is 1. The van der Waals surface area contributed by atoms with Crippen molar-refractivity contribution in [3.05, 3.63) is 76.2 Å². The van der Waals surface area contributed by atoms with Crippen molar-refractivity contribution in [1.29, 1.82) is 0 Å². The quantitative estimate of drug-likeness (QED) is 0.252. The van der Waals surface area contributed by atoms with Gasteiger partial charge in [-0.3, -0.25) is 9.48 Å². The van der Waals surface area contributed by atoms with Gasteiger partial charge in [0, 0.05) is 38.6 Å². The fraction of sp³-hybridized carbons (Fsp3) is 0.419. The minimum absolute atomic E-state index is 0.0177. The van der Waals surface area contributed by atoms with E-state index in [9.17, 15) is 9.90 Å². The van der Waals surface area contributed by atoms with Gasteiger partial charge in [0.2, 0.25) is 5.90 Å². The number of pyridine rings is 2. The zero-order valence-electron chi connectivity index (χ0n) is 24.6. The first-order valence-electron chi connectivity index (χ1n) is 14.5. The number of aliphatic imine (C=N–C) groups is 1. The van der Waals surface area contributed by atoms with Crippen LogP contribution in [0.5, 0.6) is 0 Å². The summed E-state index contributed by atoms with van der Waals surface area (Å²) in [6.45, 7) is 5.81. The highest BCUT2D eigenvalue weighted by atomic mass is 16.5. The zero-order chi connectivity index (χ0) is 30.0. The number of aliphatic hydroxyl groups excluding tert-OH is 1. The summed E-state index contributed by atoms with van der Waals surface area (Å²) >= 11 is 0. The van der Waals surface area contributed by atoms with E-state index in [1.807, 2.05) is 54.9 Å². The minimum Gasteiger partial charge on any atom is -0.475 e. The van der Waals surface area contributed by atoms with Gasteiger partial charge >= 0.3 is 0 Å². The number of benzene rings is 1. The van der Waals surface area contributed by atoms with Crippen LogP contribution in [0, 0.1) is 0 Å². The van der Waals surface area contributed by atoms with E-state index in [0.29, 0.717) is 59.6 Å². The lowest BCUT2D eigenvalue weighted by molar-refractivity contribution is 0.0442. The molecule has 0 unspecified atom stereocenters. The molecule has 12 heteroatoms. The molecule has 1 aromatic carbocycles. The molecule has 1 saturated heterocycles. The molecule has 2 aliphatic heterocycles. The number of aliphatic hydroxyl groups is 1. The van der Waals surface area contributed by atoms with E-state index in [0.717, 1.165) is 18.4 Å². The normalized spacial score (nSPS) is 16.8. The van der Waals surface area contributed by atoms with Crippen molar-refractivity contribution >= 4 is 34.3 Å². The summed E-state index contributed by atoms with van der Waals surface area (Å²) in [7, 11) is 1.56. The molecule has 3 N–H and O–H groups in total. The van der Waals surface area contributed by atoms with Crippen molar-refractivity contribution in [2.24, 2.45) is 4.99 Å². The Balaban J connectivity index is 1.37. The lowest BCUT2D eigenvalue weighted by Crippen LogP contribution is -2.35. The molecular weight excluding hydrogens is 550 g/mol. The van der Waals surface area contributed by atoms with Gasteiger partial charge in [0.15, 0.2) is 5.65 Å². The Morgan fingerprint density at radius 3 is 2.63 bits per heavy atom. The van der Waals surface area contributed by atoms with Crippen molar-refractivity contribution in [3.63, 3.8) is 0 Å². The highest BCUT2D eigenvalue weighted by Gasteiger charge is 2.39. The van der Waals surface area contributed by atoms with Crippen molar-refractivity contribution in [2.75, 3.05) is 44.2 Å². The van der Waals surface area contributed by atoms with E-state index in [1.165, 1.54) is 0 Å². The Labute approximate surface area is 249 Å². The van der Waals surface area contributed by atoms with Crippen molar-refractivity contribution in [2.45, 2.75) is 51.0 Å². The third kappa shape index (κ3) is 5.73.